The molecule has 0 atom stereocenters. The predicted molar refractivity (Wildman–Crippen MR) is 212 cm³/mol. The van der Waals surface area contributed by atoms with E-state index < -0.39 is 0 Å². The van der Waals surface area contributed by atoms with Crippen molar-refractivity contribution in [3.05, 3.63) is 143 Å². The quantitative estimate of drug-likeness (QED) is 0.160. The van der Waals surface area contributed by atoms with Gasteiger partial charge >= 0.3 is 0 Å². The third-order valence-electron chi connectivity index (χ3n) is 12.5. The van der Waals surface area contributed by atoms with Gasteiger partial charge in [0.25, 0.3) is 0 Å². The lowest BCUT2D eigenvalue weighted by atomic mass is 9.82. The highest BCUT2D eigenvalue weighted by Gasteiger charge is 2.26. The minimum atomic E-state index is 1.30. The summed E-state index contributed by atoms with van der Waals surface area (Å²) in [6.07, 6.45) is 0. The molecule has 0 spiro atoms. The van der Waals surface area contributed by atoms with Crippen molar-refractivity contribution in [3.8, 4) is 55.6 Å². The van der Waals surface area contributed by atoms with Gasteiger partial charge in [0, 0.05) is 0 Å². The second kappa shape index (κ2) is 9.24. The van der Waals surface area contributed by atoms with E-state index in [0.29, 0.717) is 0 Å². The van der Waals surface area contributed by atoms with Crippen LogP contribution in [-0.4, -0.2) is 0 Å². The Bertz CT molecular complexity index is 2980. The van der Waals surface area contributed by atoms with Gasteiger partial charge < -0.3 is 0 Å². The van der Waals surface area contributed by atoms with Crippen molar-refractivity contribution in [2.45, 2.75) is 34.6 Å². The second-order valence-corrected chi connectivity index (χ2v) is 14.6. The highest BCUT2D eigenvalue weighted by atomic mass is 14.3. The van der Waals surface area contributed by atoms with Crippen LogP contribution in [0.15, 0.2) is 115 Å². The number of hydrogen-bond acceptors (Lipinski definition) is 0. The van der Waals surface area contributed by atoms with Crippen molar-refractivity contribution >= 4 is 53.9 Å². The van der Waals surface area contributed by atoms with E-state index in [9.17, 15) is 0 Å². The maximum Gasteiger partial charge on any atom is -0.00264 e. The van der Waals surface area contributed by atoms with E-state index in [1.807, 2.05) is 0 Å². The molecule has 0 N–H and O–H groups in total. The van der Waals surface area contributed by atoms with E-state index in [0.717, 1.165) is 0 Å². The van der Waals surface area contributed by atoms with Gasteiger partial charge in [-0.2, -0.15) is 0 Å². The minimum absolute atomic E-state index is 1.30. The largest absolute Gasteiger partial charge is 0.0610 e. The Balaban J connectivity index is 1.31. The molecule has 9 aromatic carbocycles. The van der Waals surface area contributed by atoms with Crippen LogP contribution >= 0.6 is 0 Å². The highest BCUT2D eigenvalue weighted by Crippen LogP contribution is 2.53. The van der Waals surface area contributed by atoms with Gasteiger partial charge in [-0.3, -0.25) is 0 Å². The average Bonchev–Trinajstić information content (AvgIpc) is 3.62. The summed E-state index contributed by atoms with van der Waals surface area (Å²) in [6.45, 7) is 11.5. The molecule has 11 rings (SSSR count). The molecule has 49 heavy (non-hydrogen) atoms. The standard InChI is InChI=1S/C49H34/c1-25-26(2)28(4)47(29(5)27(25)3)46-24-40-33(41-22-43-36-16-8-12-31-13-9-17-37(49(31)36)44(43)23-45(41)46)19-18-32-20-39-34-14-6-10-30-11-7-15-35(48(30)34)42(39)21-38(32)40/h6-24H,1-5H3. The van der Waals surface area contributed by atoms with Crippen LogP contribution in [0.5, 0.6) is 0 Å². The van der Waals surface area contributed by atoms with Crippen LogP contribution in [-0.2, 0) is 0 Å². The fraction of sp³-hybridized carbons (Fsp3) is 0.102. The van der Waals surface area contributed by atoms with Gasteiger partial charge in [0.05, 0.1) is 0 Å². The van der Waals surface area contributed by atoms with E-state index in [4.69, 9.17) is 0 Å². The maximum atomic E-state index is 2.54. The van der Waals surface area contributed by atoms with E-state index in [-0.39, 0.29) is 0 Å². The first-order valence-electron chi connectivity index (χ1n) is 17.5. The fourth-order valence-corrected chi connectivity index (χ4v) is 9.64. The zero-order valence-corrected chi connectivity index (χ0v) is 28.5. The molecular weight excluding hydrogens is 589 g/mol. The molecule has 0 saturated heterocycles. The second-order valence-electron chi connectivity index (χ2n) is 14.6. The SMILES string of the molecule is Cc1c(C)c(C)c(-c2cc3c4cc5c(cc4ccc3c3cc4c(cc23)-c2cccc3cccc-4c23)-c2cccc3cccc-5c23)c(C)c1C. The number of rotatable bonds is 1. The summed E-state index contributed by atoms with van der Waals surface area (Å²) in [4.78, 5) is 0. The lowest BCUT2D eigenvalue weighted by molar-refractivity contribution is 1.18. The minimum Gasteiger partial charge on any atom is -0.0610 e. The summed E-state index contributed by atoms with van der Waals surface area (Å²) in [5.74, 6) is 0. The molecule has 2 aliphatic rings. The van der Waals surface area contributed by atoms with Crippen molar-refractivity contribution in [1.29, 1.82) is 0 Å². The van der Waals surface area contributed by atoms with Crippen molar-refractivity contribution in [2.24, 2.45) is 0 Å². The molecule has 0 saturated carbocycles. The van der Waals surface area contributed by atoms with Gasteiger partial charge in [-0.15, -0.1) is 0 Å². The Hall–Kier alpha value is -5.72. The molecule has 2 aliphatic carbocycles. The van der Waals surface area contributed by atoms with Crippen LogP contribution in [0.25, 0.3) is 109 Å². The molecule has 0 fully saturated rings. The van der Waals surface area contributed by atoms with Gasteiger partial charge in [-0.1, -0.05) is 84.9 Å². The van der Waals surface area contributed by atoms with Crippen LogP contribution in [0.4, 0.5) is 0 Å². The molecule has 0 aliphatic heterocycles. The van der Waals surface area contributed by atoms with Crippen LogP contribution < -0.4 is 0 Å². The molecule has 0 bridgehead atoms. The smallest absolute Gasteiger partial charge is 0.00264 e. The van der Waals surface area contributed by atoms with Crippen molar-refractivity contribution < 1.29 is 0 Å². The molecule has 0 unspecified atom stereocenters. The molecule has 0 aromatic heterocycles. The van der Waals surface area contributed by atoms with Crippen LogP contribution in [0.3, 0.4) is 0 Å². The molecule has 0 amide bonds. The van der Waals surface area contributed by atoms with Gasteiger partial charge in [-0.25, -0.2) is 0 Å². The zero-order valence-electron chi connectivity index (χ0n) is 28.5. The Morgan fingerprint density at radius 2 is 0.673 bits per heavy atom. The molecule has 9 aromatic rings. The first kappa shape index (κ1) is 27.3. The van der Waals surface area contributed by atoms with E-state index in [1.54, 1.807) is 0 Å². The van der Waals surface area contributed by atoms with E-state index >= 15 is 0 Å². The fourth-order valence-electron chi connectivity index (χ4n) is 9.64. The summed E-state index contributed by atoms with van der Waals surface area (Å²) < 4.78 is 0. The Morgan fingerprint density at radius 1 is 0.265 bits per heavy atom. The number of hydrogen-bond donors (Lipinski definition) is 0. The monoisotopic (exact) mass is 622 g/mol. The summed E-state index contributed by atoms with van der Waals surface area (Å²) in [7, 11) is 0. The summed E-state index contributed by atoms with van der Waals surface area (Å²) in [5.41, 5.74) is 20.5. The summed E-state index contributed by atoms with van der Waals surface area (Å²) in [6, 6.07) is 44.3. The van der Waals surface area contributed by atoms with Crippen molar-refractivity contribution in [3.63, 3.8) is 0 Å². The first-order valence-corrected chi connectivity index (χ1v) is 17.5. The molecule has 0 heteroatoms. The normalized spacial score (nSPS) is 12.6. The lowest BCUT2D eigenvalue weighted by Crippen LogP contribution is -2.00. The molecular formula is C49H34. The molecule has 0 heterocycles. The van der Waals surface area contributed by atoms with Crippen molar-refractivity contribution in [2.75, 3.05) is 0 Å². The van der Waals surface area contributed by atoms with Crippen LogP contribution in [0.1, 0.15) is 27.8 Å². The number of fused-ring (bicyclic) bond motifs is 11. The average molecular weight is 623 g/mol. The van der Waals surface area contributed by atoms with Crippen LogP contribution in [0.2, 0.25) is 0 Å². The summed E-state index contributed by atoms with van der Waals surface area (Å²) in [5, 5.41) is 13.3. The summed E-state index contributed by atoms with van der Waals surface area (Å²) >= 11 is 0. The van der Waals surface area contributed by atoms with Crippen LogP contribution in [0, 0.1) is 34.6 Å². The maximum absolute atomic E-state index is 2.54. The van der Waals surface area contributed by atoms with Gasteiger partial charge in [0.2, 0.25) is 0 Å². The Kier molecular flexibility index (Phi) is 5.14. The highest BCUT2D eigenvalue weighted by molar-refractivity contribution is 6.27. The third kappa shape index (κ3) is 3.34. The van der Waals surface area contributed by atoms with Gasteiger partial charge in [0.1, 0.15) is 0 Å². The lowest BCUT2D eigenvalue weighted by Gasteiger charge is -2.22. The molecule has 0 radical (unpaired) electrons. The Labute approximate surface area is 286 Å². The first-order chi connectivity index (χ1) is 23.9. The third-order valence-corrected chi connectivity index (χ3v) is 12.5. The zero-order chi connectivity index (χ0) is 32.9. The van der Waals surface area contributed by atoms with Crippen molar-refractivity contribution in [1.82, 2.24) is 0 Å². The molecule has 230 valence electrons. The predicted octanol–water partition coefficient (Wildman–Crippen LogP) is 14.0. The van der Waals surface area contributed by atoms with E-state index in [2.05, 4.69) is 150 Å². The van der Waals surface area contributed by atoms with Gasteiger partial charge in [0.15, 0.2) is 0 Å². The molecule has 0 nitrogen and oxygen atoms in total. The van der Waals surface area contributed by atoms with Gasteiger partial charge in [-0.05, 0) is 202 Å². The van der Waals surface area contributed by atoms with E-state index in [1.165, 1.54) is 137 Å². The topological polar surface area (TPSA) is 0 Å². The Morgan fingerprint density at radius 3 is 1.20 bits per heavy atom. The number of benzene rings is 9.